The van der Waals surface area contributed by atoms with E-state index in [0.29, 0.717) is 5.41 Å². The van der Waals surface area contributed by atoms with Crippen molar-refractivity contribution >= 4 is 24.0 Å². The Morgan fingerprint density at radius 2 is 2.19 bits per heavy atom. The Hall–Kier alpha value is 0.01000. The summed E-state index contributed by atoms with van der Waals surface area (Å²) in [6, 6.07) is 2.23. The maximum absolute atomic E-state index is 4.57. The van der Waals surface area contributed by atoms with Gasteiger partial charge in [-0.15, -0.1) is 0 Å². The SMILES string of the molecule is CN(Cc1ccsc1)CC1(CS)CCCC1. The number of rotatable bonds is 5. The minimum atomic E-state index is 0.494. The minimum Gasteiger partial charge on any atom is -0.302 e. The van der Waals surface area contributed by atoms with Gasteiger partial charge in [-0.1, -0.05) is 12.8 Å². The molecule has 0 atom stereocenters. The molecule has 0 aromatic carbocycles. The zero-order valence-electron chi connectivity index (χ0n) is 9.98. The zero-order chi connectivity index (χ0) is 11.4. The summed E-state index contributed by atoms with van der Waals surface area (Å²) in [4.78, 5) is 2.46. The third-order valence-electron chi connectivity index (χ3n) is 3.64. The van der Waals surface area contributed by atoms with Crippen LogP contribution in [0.25, 0.3) is 0 Å². The van der Waals surface area contributed by atoms with E-state index in [0.717, 1.165) is 12.3 Å². The lowest BCUT2D eigenvalue weighted by Gasteiger charge is -2.32. The molecule has 0 aliphatic heterocycles. The first-order valence-corrected chi connectivity index (χ1v) is 7.62. The summed E-state index contributed by atoms with van der Waals surface area (Å²) in [7, 11) is 2.24. The number of thiophene rings is 1. The zero-order valence-corrected chi connectivity index (χ0v) is 11.7. The van der Waals surface area contributed by atoms with Gasteiger partial charge in [0.2, 0.25) is 0 Å². The molecule has 2 rings (SSSR count). The summed E-state index contributed by atoms with van der Waals surface area (Å²) in [5, 5.41) is 4.41. The fraction of sp³-hybridized carbons (Fsp3) is 0.692. The van der Waals surface area contributed by atoms with Gasteiger partial charge in [0, 0.05) is 13.1 Å². The molecule has 1 heterocycles. The number of hydrogen-bond acceptors (Lipinski definition) is 3. The van der Waals surface area contributed by atoms with Crippen molar-refractivity contribution in [1.29, 1.82) is 0 Å². The van der Waals surface area contributed by atoms with Gasteiger partial charge >= 0.3 is 0 Å². The lowest BCUT2D eigenvalue weighted by Crippen LogP contribution is -2.34. The van der Waals surface area contributed by atoms with E-state index < -0.39 is 0 Å². The van der Waals surface area contributed by atoms with Gasteiger partial charge < -0.3 is 4.90 Å². The Morgan fingerprint density at radius 1 is 1.44 bits per heavy atom. The molecule has 0 N–H and O–H groups in total. The standard InChI is InChI=1S/C13H21NS2/c1-14(8-12-4-7-16-9-12)10-13(11-15)5-2-3-6-13/h4,7,9,15H,2-3,5-6,8,10-11H2,1H3. The summed E-state index contributed by atoms with van der Waals surface area (Å²) >= 11 is 6.35. The highest BCUT2D eigenvalue weighted by Gasteiger charge is 2.33. The molecule has 0 saturated heterocycles. The maximum Gasteiger partial charge on any atom is 0.0239 e. The van der Waals surface area contributed by atoms with Crippen LogP contribution in [0.3, 0.4) is 0 Å². The molecule has 1 aliphatic carbocycles. The Kier molecular flexibility index (Phi) is 4.34. The van der Waals surface area contributed by atoms with Crippen molar-refractivity contribution in [2.24, 2.45) is 5.41 Å². The van der Waals surface area contributed by atoms with Crippen LogP contribution >= 0.6 is 24.0 Å². The first-order chi connectivity index (χ1) is 7.74. The average molecular weight is 255 g/mol. The van der Waals surface area contributed by atoms with Crippen molar-refractivity contribution in [2.75, 3.05) is 19.3 Å². The second-order valence-electron chi connectivity index (χ2n) is 5.17. The van der Waals surface area contributed by atoms with Crippen LogP contribution in [0, 0.1) is 5.41 Å². The van der Waals surface area contributed by atoms with Crippen LogP contribution in [0.1, 0.15) is 31.2 Å². The van der Waals surface area contributed by atoms with E-state index in [9.17, 15) is 0 Å². The first kappa shape index (κ1) is 12.5. The number of thiol groups is 1. The summed E-state index contributed by atoms with van der Waals surface area (Å²) in [6.45, 7) is 2.28. The normalized spacial score (nSPS) is 19.4. The molecule has 0 unspecified atom stereocenters. The Labute approximate surface area is 108 Å². The van der Waals surface area contributed by atoms with E-state index in [1.54, 1.807) is 11.3 Å². The van der Waals surface area contributed by atoms with E-state index in [1.165, 1.54) is 37.8 Å². The molecule has 0 bridgehead atoms. The van der Waals surface area contributed by atoms with Crippen LogP contribution in [-0.4, -0.2) is 24.2 Å². The number of nitrogens with zero attached hydrogens (tertiary/aromatic N) is 1. The second-order valence-corrected chi connectivity index (χ2v) is 6.27. The molecule has 1 fully saturated rings. The van der Waals surface area contributed by atoms with Gasteiger partial charge in [-0.05, 0) is 53.4 Å². The lowest BCUT2D eigenvalue weighted by molar-refractivity contribution is 0.196. The largest absolute Gasteiger partial charge is 0.302 e. The first-order valence-electron chi connectivity index (χ1n) is 6.05. The van der Waals surface area contributed by atoms with Gasteiger partial charge in [0.1, 0.15) is 0 Å². The van der Waals surface area contributed by atoms with Gasteiger partial charge in [0.15, 0.2) is 0 Å². The van der Waals surface area contributed by atoms with Crippen LogP contribution in [-0.2, 0) is 6.54 Å². The highest BCUT2D eigenvalue weighted by atomic mass is 32.1. The topological polar surface area (TPSA) is 3.24 Å². The smallest absolute Gasteiger partial charge is 0.0239 e. The van der Waals surface area contributed by atoms with E-state index in [2.05, 4.69) is 41.4 Å². The third kappa shape index (κ3) is 3.02. The highest BCUT2D eigenvalue weighted by Crippen LogP contribution is 2.39. The van der Waals surface area contributed by atoms with E-state index in [4.69, 9.17) is 0 Å². The predicted molar refractivity (Wildman–Crippen MR) is 75.4 cm³/mol. The van der Waals surface area contributed by atoms with Gasteiger partial charge in [-0.2, -0.15) is 24.0 Å². The van der Waals surface area contributed by atoms with Crippen molar-refractivity contribution in [2.45, 2.75) is 32.2 Å². The van der Waals surface area contributed by atoms with Crippen molar-refractivity contribution < 1.29 is 0 Å². The molecule has 0 amide bonds. The summed E-state index contributed by atoms with van der Waals surface area (Å²) in [6.07, 6.45) is 5.52. The quantitative estimate of drug-likeness (QED) is 0.786. The third-order valence-corrected chi connectivity index (χ3v) is 5.04. The summed E-state index contributed by atoms with van der Waals surface area (Å²) in [5.41, 5.74) is 1.94. The summed E-state index contributed by atoms with van der Waals surface area (Å²) in [5.74, 6) is 1.04. The van der Waals surface area contributed by atoms with Crippen molar-refractivity contribution in [3.63, 3.8) is 0 Å². The molecule has 16 heavy (non-hydrogen) atoms. The molecule has 1 aromatic heterocycles. The molecule has 1 nitrogen and oxygen atoms in total. The van der Waals surface area contributed by atoms with Gasteiger partial charge in [0.05, 0.1) is 0 Å². The molecular formula is C13H21NS2. The molecule has 3 heteroatoms. The second kappa shape index (κ2) is 5.56. The van der Waals surface area contributed by atoms with E-state index >= 15 is 0 Å². The van der Waals surface area contributed by atoms with Gasteiger partial charge in [-0.25, -0.2) is 0 Å². The van der Waals surface area contributed by atoms with Crippen molar-refractivity contribution in [3.8, 4) is 0 Å². The maximum atomic E-state index is 4.57. The van der Waals surface area contributed by atoms with Crippen LogP contribution < -0.4 is 0 Å². The fourth-order valence-electron chi connectivity index (χ4n) is 2.81. The summed E-state index contributed by atoms with van der Waals surface area (Å²) < 4.78 is 0. The molecule has 0 radical (unpaired) electrons. The average Bonchev–Trinajstić information content (AvgIpc) is 2.90. The minimum absolute atomic E-state index is 0.494. The fourth-order valence-corrected chi connectivity index (χ4v) is 3.89. The lowest BCUT2D eigenvalue weighted by atomic mass is 9.88. The van der Waals surface area contributed by atoms with Crippen LogP contribution in [0.2, 0.25) is 0 Å². The Bertz CT molecular complexity index is 302. The van der Waals surface area contributed by atoms with E-state index in [-0.39, 0.29) is 0 Å². The molecule has 90 valence electrons. The molecule has 1 saturated carbocycles. The molecule has 1 aromatic rings. The van der Waals surface area contributed by atoms with Crippen LogP contribution in [0.4, 0.5) is 0 Å². The molecule has 0 spiro atoms. The predicted octanol–water partition coefficient (Wildman–Crippen LogP) is 3.67. The van der Waals surface area contributed by atoms with Crippen LogP contribution in [0.15, 0.2) is 16.8 Å². The van der Waals surface area contributed by atoms with Gasteiger partial charge in [-0.3, -0.25) is 0 Å². The molecule has 1 aliphatic rings. The van der Waals surface area contributed by atoms with Crippen molar-refractivity contribution in [1.82, 2.24) is 4.90 Å². The van der Waals surface area contributed by atoms with Crippen LogP contribution in [0.5, 0.6) is 0 Å². The van der Waals surface area contributed by atoms with Gasteiger partial charge in [0.25, 0.3) is 0 Å². The number of hydrogen-bond donors (Lipinski definition) is 1. The van der Waals surface area contributed by atoms with Crippen molar-refractivity contribution in [3.05, 3.63) is 22.4 Å². The van der Waals surface area contributed by atoms with E-state index in [1.807, 2.05) is 0 Å². The highest BCUT2D eigenvalue weighted by molar-refractivity contribution is 7.80. The monoisotopic (exact) mass is 255 g/mol. The Balaban J connectivity index is 1.88. The Morgan fingerprint density at radius 3 is 2.75 bits per heavy atom. The molecular weight excluding hydrogens is 234 g/mol.